The van der Waals surface area contributed by atoms with Gasteiger partial charge in [0.25, 0.3) is 0 Å². The second kappa shape index (κ2) is 6.48. The zero-order chi connectivity index (χ0) is 13.9. The van der Waals surface area contributed by atoms with Crippen molar-refractivity contribution in [3.05, 3.63) is 29.6 Å². The van der Waals surface area contributed by atoms with Gasteiger partial charge in [0.15, 0.2) is 0 Å². The Morgan fingerprint density at radius 3 is 2.90 bits per heavy atom. The lowest BCUT2D eigenvalue weighted by atomic mass is 9.94. The van der Waals surface area contributed by atoms with Crippen molar-refractivity contribution in [1.82, 2.24) is 5.32 Å². The first-order valence-corrected chi connectivity index (χ1v) is 8.91. The standard InChI is InChI=1S/C17H24FNS/c1-12-6-3-2-4-9-15(12)19-16-10-11-20-17-13(16)7-5-8-14(17)18/h5,7-8,12,15-16,19H,2-4,6,9-11H2,1H3. The van der Waals surface area contributed by atoms with Crippen molar-refractivity contribution in [3.63, 3.8) is 0 Å². The van der Waals surface area contributed by atoms with E-state index in [1.165, 1.54) is 37.7 Å². The summed E-state index contributed by atoms with van der Waals surface area (Å²) in [5.41, 5.74) is 1.18. The summed E-state index contributed by atoms with van der Waals surface area (Å²) in [5, 5.41) is 3.85. The Morgan fingerprint density at radius 1 is 1.15 bits per heavy atom. The van der Waals surface area contributed by atoms with Crippen LogP contribution in [0.4, 0.5) is 4.39 Å². The molecule has 3 rings (SSSR count). The minimum absolute atomic E-state index is 0.0482. The van der Waals surface area contributed by atoms with E-state index < -0.39 is 0 Å². The molecule has 3 unspecified atom stereocenters. The van der Waals surface area contributed by atoms with Crippen LogP contribution >= 0.6 is 11.8 Å². The quantitative estimate of drug-likeness (QED) is 0.777. The van der Waals surface area contributed by atoms with Crippen molar-refractivity contribution < 1.29 is 4.39 Å². The Bertz CT molecular complexity index is 462. The van der Waals surface area contributed by atoms with Crippen LogP contribution < -0.4 is 5.32 Å². The number of hydrogen-bond donors (Lipinski definition) is 1. The van der Waals surface area contributed by atoms with Crippen molar-refractivity contribution in [2.24, 2.45) is 5.92 Å². The van der Waals surface area contributed by atoms with Gasteiger partial charge in [-0.25, -0.2) is 4.39 Å². The van der Waals surface area contributed by atoms with Crippen LogP contribution in [0.15, 0.2) is 23.1 Å². The van der Waals surface area contributed by atoms with Crippen LogP contribution in [-0.2, 0) is 0 Å². The summed E-state index contributed by atoms with van der Waals surface area (Å²) in [4.78, 5) is 0.873. The van der Waals surface area contributed by atoms with E-state index in [2.05, 4.69) is 18.3 Å². The molecule has 1 aliphatic heterocycles. The maximum Gasteiger partial charge on any atom is 0.137 e. The van der Waals surface area contributed by atoms with Crippen molar-refractivity contribution in [3.8, 4) is 0 Å². The Morgan fingerprint density at radius 2 is 2.00 bits per heavy atom. The molecule has 20 heavy (non-hydrogen) atoms. The summed E-state index contributed by atoms with van der Waals surface area (Å²) in [7, 11) is 0. The molecule has 0 radical (unpaired) electrons. The van der Waals surface area contributed by atoms with E-state index in [0.717, 1.165) is 23.0 Å². The Kier molecular flexibility index (Phi) is 4.67. The van der Waals surface area contributed by atoms with Gasteiger partial charge in [0.05, 0.1) is 0 Å². The molecule has 0 spiro atoms. The molecule has 1 aromatic carbocycles. The van der Waals surface area contributed by atoms with E-state index in [0.29, 0.717) is 12.1 Å². The normalized spacial score (nSPS) is 30.6. The van der Waals surface area contributed by atoms with E-state index in [1.54, 1.807) is 17.8 Å². The molecule has 1 saturated carbocycles. The SMILES string of the molecule is CC1CCCCCC1NC1CCSc2c(F)cccc21. The van der Waals surface area contributed by atoms with Gasteiger partial charge >= 0.3 is 0 Å². The third kappa shape index (κ3) is 3.04. The average Bonchev–Trinajstić information content (AvgIpc) is 2.65. The average molecular weight is 293 g/mol. The molecule has 1 nitrogen and oxygen atoms in total. The summed E-state index contributed by atoms with van der Waals surface area (Å²) < 4.78 is 13.9. The Labute approximate surface area is 125 Å². The predicted molar refractivity (Wildman–Crippen MR) is 83.7 cm³/mol. The molecule has 0 amide bonds. The number of rotatable bonds is 2. The summed E-state index contributed by atoms with van der Waals surface area (Å²) >= 11 is 1.67. The van der Waals surface area contributed by atoms with Crippen LogP contribution in [0.5, 0.6) is 0 Å². The Hall–Kier alpha value is -0.540. The first-order chi connectivity index (χ1) is 9.75. The van der Waals surface area contributed by atoms with E-state index in [1.807, 2.05) is 6.07 Å². The maximum absolute atomic E-state index is 13.9. The molecule has 1 aromatic rings. The van der Waals surface area contributed by atoms with Crippen molar-refractivity contribution in [2.45, 2.75) is 62.4 Å². The third-order valence-electron chi connectivity index (χ3n) is 4.80. The summed E-state index contributed by atoms with van der Waals surface area (Å²) in [6, 6.07) is 6.48. The number of halogens is 1. The molecule has 1 fully saturated rings. The molecule has 110 valence electrons. The van der Waals surface area contributed by atoms with Crippen LogP contribution in [0.3, 0.4) is 0 Å². The molecule has 1 aliphatic carbocycles. The largest absolute Gasteiger partial charge is 0.307 e. The van der Waals surface area contributed by atoms with Gasteiger partial charge in [0, 0.05) is 17.0 Å². The molecule has 1 heterocycles. The number of thioether (sulfide) groups is 1. The van der Waals surface area contributed by atoms with Gasteiger partial charge in [-0.05, 0) is 42.6 Å². The molecule has 0 aromatic heterocycles. The van der Waals surface area contributed by atoms with Gasteiger partial charge in [-0.2, -0.15) is 0 Å². The predicted octanol–water partition coefficient (Wildman–Crippen LogP) is 4.92. The highest BCUT2D eigenvalue weighted by Gasteiger charge is 2.27. The minimum Gasteiger partial charge on any atom is -0.307 e. The molecular weight excluding hydrogens is 269 g/mol. The highest BCUT2D eigenvalue weighted by Crippen LogP contribution is 2.38. The molecule has 0 saturated heterocycles. The molecule has 3 atom stereocenters. The first-order valence-electron chi connectivity index (χ1n) is 7.93. The van der Waals surface area contributed by atoms with Crippen LogP contribution in [0.1, 0.15) is 57.1 Å². The minimum atomic E-state index is -0.0482. The van der Waals surface area contributed by atoms with Crippen LogP contribution in [0.25, 0.3) is 0 Å². The fraction of sp³-hybridized carbons (Fsp3) is 0.647. The lowest BCUT2D eigenvalue weighted by Gasteiger charge is -2.32. The third-order valence-corrected chi connectivity index (χ3v) is 5.96. The monoisotopic (exact) mass is 293 g/mol. The summed E-state index contributed by atoms with van der Waals surface area (Å²) in [6.07, 6.45) is 7.79. The number of nitrogens with one attached hydrogen (secondary N) is 1. The molecular formula is C17H24FNS. The van der Waals surface area contributed by atoms with E-state index >= 15 is 0 Å². The van der Waals surface area contributed by atoms with Gasteiger partial charge in [-0.15, -0.1) is 11.8 Å². The zero-order valence-electron chi connectivity index (χ0n) is 12.2. The number of benzene rings is 1. The highest BCUT2D eigenvalue weighted by atomic mass is 32.2. The highest BCUT2D eigenvalue weighted by molar-refractivity contribution is 7.99. The van der Waals surface area contributed by atoms with Gasteiger partial charge in [0.1, 0.15) is 5.82 Å². The van der Waals surface area contributed by atoms with Gasteiger partial charge < -0.3 is 5.32 Å². The number of fused-ring (bicyclic) bond motifs is 1. The zero-order valence-corrected chi connectivity index (χ0v) is 13.0. The fourth-order valence-electron chi connectivity index (χ4n) is 3.56. The van der Waals surface area contributed by atoms with E-state index in [4.69, 9.17) is 0 Å². The molecule has 1 N–H and O–H groups in total. The number of hydrogen-bond acceptors (Lipinski definition) is 2. The maximum atomic E-state index is 13.9. The molecule has 2 aliphatic rings. The summed E-state index contributed by atoms with van der Waals surface area (Å²) in [5.74, 6) is 1.71. The second-order valence-electron chi connectivity index (χ2n) is 6.24. The van der Waals surface area contributed by atoms with Gasteiger partial charge in [-0.3, -0.25) is 0 Å². The van der Waals surface area contributed by atoms with Crippen LogP contribution in [-0.4, -0.2) is 11.8 Å². The summed E-state index contributed by atoms with van der Waals surface area (Å²) in [6.45, 7) is 2.37. The smallest absolute Gasteiger partial charge is 0.137 e. The lowest BCUT2D eigenvalue weighted by molar-refractivity contribution is 0.315. The molecule has 0 bridgehead atoms. The lowest BCUT2D eigenvalue weighted by Crippen LogP contribution is -2.38. The first kappa shape index (κ1) is 14.4. The van der Waals surface area contributed by atoms with E-state index in [9.17, 15) is 4.39 Å². The van der Waals surface area contributed by atoms with Crippen molar-refractivity contribution in [2.75, 3.05) is 5.75 Å². The van der Waals surface area contributed by atoms with Gasteiger partial charge in [-0.1, -0.05) is 38.3 Å². The van der Waals surface area contributed by atoms with Crippen molar-refractivity contribution >= 4 is 11.8 Å². The van der Waals surface area contributed by atoms with Gasteiger partial charge in [0.2, 0.25) is 0 Å². The topological polar surface area (TPSA) is 12.0 Å². The van der Waals surface area contributed by atoms with E-state index in [-0.39, 0.29) is 5.82 Å². The Balaban J connectivity index is 1.77. The van der Waals surface area contributed by atoms with Crippen LogP contribution in [0, 0.1) is 11.7 Å². The molecule has 3 heteroatoms. The van der Waals surface area contributed by atoms with Crippen LogP contribution in [0.2, 0.25) is 0 Å². The van der Waals surface area contributed by atoms with Crippen molar-refractivity contribution in [1.29, 1.82) is 0 Å². The fourth-order valence-corrected chi connectivity index (χ4v) is 4.70. The second-order valence-corrected chi connectivity index (χ2v) is 7.34.